The summed E-state index contributed by atoms with van der Waals surface area (Å²) in [5, 5.41) is 11.0. The van der Waals surface area contributed by atoms with Crippen molar-refractivity contribution in [1.82, 2.24) is 39.5 Å². The fraction of sp³-hybridized carbons (Fsp3) is 0.111. The second-order valence-corrected chi connectivity index (χ2v) is 3.79. The first-order valence-electron chi connectivity index (χ1n) is 5.58. The lowest BCUT2D eigenvalue weighted by atomic mass is 10.6. The van der Waals surface area contributed by atoms with Gasteiger partial charge < -0.3 is 5.32 Å². The van der Waals surface area contributed by atoms with Crippen molar-refractivity contribution < 1.29 is 0 Å². The van der Waals surface area contributed by atoms with Crippen LogP contribution in [0.2, 0.25) is 0 Å². The lowest BCUT2D eigenvalue weighted by Crippen LogP contribution is -2.15. The normalized spacial score (nSPS) is 10.5. The van der Waals surface area contributed by atoms with Crippen molar-refractivity contribution in [3.63, 3.8) is 0 Å². The summed E-state index contributed by atoms with van der Waals surface area (Å²) in [7, 11) is 1.81. The van der Waals surface area contributed by atoms with Crippen LogP contribution in [-0.4, -0.2) is 39.5 Å². The molecule has 0 amide bonds. The second kappa shape index (κ2) is 4.89. The Bertz CT molecular complexity index is 701. The highest BCUT2D eigenvalue weighted by Crippen LogP contribution is 2.13. The van der Waals surface area contributed by atoms with Crippen LogP contribution in [0.4, 0.5) is 17.6 Å². The molecule has 3 heterocycles. The van der Waals surface area contributed by atoms with Crippen molar-refractivity contribution in [3.05, 3.63) is 25.0 Å². The Kier molecular flexibility index (Phi) is 2.93. The monoisotopic (exact) mass is 273 g/mol. The van der Waals surface area contributed by atoms with E-state index in [2.05, 4.69) is 40.9 Å². The van der Waals surface area contributed by atoms with Gasteiger partial charge in [-0.2, -0.15) is 29.8 Å². The molecule has 0 saturated heterocycles. The molecule has 4 N–H and O–H groups in total. The summed E-state index contributed by atoms with van der Waals surface area (Å²) in [6.07, 6.45) is 6.29. The van der Waals surface area contributed by atoms with Crippen LogP contribution in [0.5, 0.6) is 0 Å². The van der Waals surface area contributed by atoms with Crippen LogP contribution in [0.15, 0.2) is 25.0 Å². The fourth-order valence-corrected chi connectivity index (χ4v) is 1.51. The van der Waals surface area contributed by atoms with Crippen LogP contribution in [0.3, 0.4) is 0 Å². The minimum absolute atomic E-state index is 0.205. The van der Waals surface area contributed by atoms with Gasteiger partial charge in [0.15, 0.2) is 0 Å². The molecule has 3 aromatic heterocycles. The van der Waals surface area contributed by atoms with Gasteiger partial charge in [-0.1, -0.05) is 0 Å². The van der Waals surface area contributed by atoms with Gasteiger partial charge in [-0.15, -0.1) is 0 Å². The van der Waals surface area contributed by atoms with E-state index in [-0.39, 0.29) is 11.9 Å². The summed E-state index contributed by atoms with van der Waals surface area (Å²) in [6, 6.07) is 0. The summed E-state index contributed by atoms with van der Waals surface area (Å²) in [4.78, 5) is 16.2. The molecule has 0 aromatic carbocycles. The SMILES string of the molecule is Cn1cc(Nc2nc(NN)nc(-n3cncn3)n2)cn1. The van der Waals surface area contributed by atoms with Crippen LogP contribution in [-0.2, 0) is 7.05 Å². The number of rotatable bonds is 4. The molecule has 11 heteroatoms. The van der Waals surface area contributed by atoms with E-state index in [1.165, 1.54) is 17.3 Å². The third kappa shape index (κ3) is 2.37. The lowest BCUT2D eigenvalue weighted by Gasteiger charge is -2.06. The van der Waals surface area contributed by atoms with E-state index in [1.807, 2.05) is 7.05 Å². The number of nitrogens with zero attached hydrogens (tertiary/aromatic N) is 8. The molecule has 0 aliphatic rings. The number of aryl methyl sites for hydroxylation is 1. The minimum Gasteiger partial charge on any atom is -0.321 e. The maximum absolute atomic E-state index is 5.35. The van der Waals surface area contributed by atoms with Gasteiger partial charge in [0, 0.05) is 13.2 Å². The number of nitrogen functional groups attached to an aromatic ring is 1. The molecule has 0 saturated carbocycles. The van der Waals surface area contributed by atoms with Gasteiger partial charge in [0.05, 0.1) is 11.9 Å². The van der Waals surface area contributed by atoms with Crippen molar-refractivity contribution in [3.8, 4) is 5.95 Å². The van der Waals surface area contributed by atoms with Crippen molar-refractivity contribution in [1.29, 1.82) is 0 Å². The van der Waals surface area contributed by atoms with E-state index in [4.69, 9.17) is 5.84 Å². The molecular weight excluding hydrogens is 262 g/mol. The summed E-state index contributed by atoms with van der Waals surface area (Å²) in [5.41, 5.74) is 3.12. The van der Waals surface area contributed by atoms with Gasteiger partial charge in [0.2, 0.25) is 11.9 Å². The molecule has 11 nitrogen and oxygen atoms in total. The van der Waals surface area contributed by atoms with E-state index in [1.54, 1.807) is 17.1 Å². The van der Waals surface area contributed by atoms with Crippen molar-refractivity contribution in [2.75, 3.05) is 10.7 Å². The first kappa shape index (κ1) is 12.0. The second-order valence-electron chi connectivity index (χ2n) is 3.79. The standard InChI is InChI=1S/C9H11N11/c1-19-3-6(2-12-19)14-7-15-8(18-10)17-9(16-7)20-5-11-4-13-20/h2-5H,10H2,1H3,(H2,14,15,16,17,18). The van der Waals surface area contributed by atoms with Crippen LogP contribution in [0.25, 0.3) is 5.95 Å². The molecule has 0 spiro atoms. The maximum atomic E-state index is 5.35. The zero-order valence-electron chi connectivity index (χ0n) is 10.5. The molecule has 20 heavy (non-hydrogen) atoms. The Hall–Kier alpha value is -3.08. The molecular formula is C9H11N11. The Labute approximate surface area is 112 Å². The Morgan fingerprint density at radius 3 is 2.65 bits per heavy atom. The molecule has 0 aliphatic carbocycles. The van der Waals surface area contributed by atoms with Crippen molar-refractivity contribution in [2.45, 2.75) is 0 Å². The van der Waals surface area contributed by atoms with Crippen LogP contribution < -0.4 is 16.6 Å². The van der Waals surface area contributed by atoms with E-state index >= 15 is 0 Å². The minimum atomic E-state index is 0.205. The number of aromatic nitrogens is 8. The molecule has 102 valence electrons. The summed E-state index contributed by atoms with van der Waals surface area (Å²) in [5.74, 6) is 6.15. The zero-order valence-corrected chi connectivity index (χ0v) is 10.5. The third-order valence-corrected chi connectivity index (χ3v) is 2.34. The number of hydrogen-bond donors (Lipinski definition) is 3. The van der Waals surface area contributed by atoms with Crippen LogP contribution >= 0.6 is 0 Å². The van der Waals surface area contributed by atoms with E-state index < -0.39 is 0 Å². The largest absolute Gasteiger partial charge is 0.321 e. The van der Waals surface area contributed by atoms with Gasteiger partial charge >= 0.3 is 0 Å². The van der Waals surface area contributed by atoms with Crippen LogP contribution in [0, 0.1) is 0 Å². The molecule has 0 bridgehead atoms. The maximum Gasteiger partial charge on any atom is 0.258 e. The number of nitrogens with one attached hydrogen (secondary N) is 2. The Morgan fingerprint density at radius 1 is 1.15 bits per heavy atom. The highest BCUT2D eigenvalue weighted by molar-refractivity contribution is 5.52. The first-order chi connectivity index (χ1) is 9.74. The summed E-state index contributed by atoms with van der Waals surface area (Å²) < 4.78 is 3.06. The van der Waals surface area contributed by atoms with E-state index in [0.29, 0.717) is 5.95 Å². The van der Waals surface area contributed by atoms with Gasteiger partial charge in [-0.05, 0) is 0 Å². The van der Waals surface area contributed by atoms with Crippen molar-refractivity contribution in [2.24, 2.45) is 12.9 Å². The predicted molar refractivity (Wildman–Crippen MR) is 69.0 cm³/mol. The Morgan fingerprint density at radius 2 is 2.00 bits per heavy atom. The first-order valence-corrected chi connectivity index (χ1v) is 5.58. The van der Waals surface area contributed by atoms with Gasteiger partial charge in [-0.3, -0.25) is 10.1 Å². The highest BCUT2D eigenvalue weighted by Gasteiger charge is 2.09. The molecule has 0 radical (unpaired) electrons. The average Bonchev–Trinajstić information content (AvgIpc) is 3.10. The average molecular weight is 273 g/mol. The van der Waals surface area contributed by atoms with Gasteiger partial charge in [0.25, 0.3) is 5.95 Å². The zero-order chi connectivity index (χ0) is 13.9. The molecule has 0 atom stereocenters. The predicted octanol–water partition coefficient (Wildman–Crippen LogP) is -0.785. The molecule has 0 fully saturated rings. The van der Waals surface area contributed by atoms with Crippen molar-refractivity contribution >= 4 is 17.6 Å². The molecule has 0 aliphatic heterocycles. The van der Waals surface area contributed by atoms with E-state index in [9.17, 15) is 0 Å². The highest BCUT2D eigenvalue weighted by atomic mass is 15.4. The fourth-order valence-electron chi connectivity index (χ4n) is 1.51. The Balaban J connectivity index is 1.96. The van der Waals surface area contributed by atoms with Gasteiger partial charge in [0.1, 0.15) is 12.7 Å². The molecule has 3 rings (SSSR count). The van der Waals surface area contributed by atoms with E-state index in [0.717, 1.165) is 5.69 Å². The molecule has 3 aromatic rings. The molecule has 0 unspecified atom stereocenters. The number of anilines is 3. The summed E-state index contributed by atoms with van der Waals surface area (Å²) in [6.45, 7) is 0. The quantitative estimate of drug-likeness (QED) is 0.412. The lowest BCUT2D eigenvalue weighted by molar-refractivity contribution is 0.768. The summed E-state index contributed by atoms with van der Waals surface area (Å²) >= 11 is 0. The number of hydrazine groups is 1. The number of hydrogen-bond acceptors (Lipinski definition) is 9. The third-order valence-electron chi connectivity index (χ3n) is 2.34. The number of nitrogens with two attached hydrogens (primary N) is 1. The smallest absolute Gasteiger partial charge is 0.258 e. The topological polar surface area (TPSA) is 137 Å². The van der Waals surface area contributed by atoms with Gasteiger partial charge in [-0.25, -0.2) is 10.8 Å². The van der Waals surface area contributed by atoms with Crippen LogP contribution in [0.1, 0.15) is 0 Å².